The summed E-state index contributed by atoms with van der Waals surface area (Å²) in [5, 5.41) is 11.8. The van der Waals surface area contributed by atoms with E-state index in [1.54, 1.807) is 12.1 Å². The first-order valence-corrected chi connectivity index (χ1v) is 4.91. The largest absolute Gasteiger partial charge is 0.480 e. The number of hydrogen-bond acceptors (Lipinski definition) is 2. The molecule has 1 heterocycles. The smallest absolute Gasteiger partial charge is 0.320 e. The van der Waals surface area contributed by atoms with Crippen LogP contribution >= 0.6 is 12.4 Å². The van der Waals surface area contributed by atoms with Gasteiger partial charge < -0.3 is 5.11 Å². The van der Waals surface area contributed by atoms with E-state index in [1.807, 2.05) is 0 Å². The van der Waals surface area contributed by atoms with Crippen molar-refractivity contribution in [1.29, 1.82) is 0 Å². The number of halogens is 2. The Balaban J connectivity index is 0.00000128. The second kappa shape index (κ2) is 5.27. The van der Waals surface area contributed by atoms with E-state index >= 15 is 0 Å². The highest BCUT2D eigenvalue weighted by Gasteiger charge is 2.29. The summed E-state index contributed by atoms with van der Waals surface area (Å²) < 4.78 is 12.7. The fourth-order valence-electron chi connectivity index (χ4n) is 1.90. The van der Waals surface area contributed by atoms with Crippen molar-refractivity contribution in [3.8, 4) is 0 Å². The number of aliphatic carboxylic acids is 1. The summed E-state index contributed by atoms with van der Waals surface area (Å²) in [5.41, 5.74) is 0.945. The zero-order valence-corrected chi connectivity index (χ0v) is 9.34. The van der Waals surface area contributed by atoms with E-state index in [1.165, 1.54) is 12.1 Å². The Kier molecular flexibility index (Phi) is 4.26. The molecule has 3 nitrogen and oxygen atoms in total. The Hall–Kier alpha value is -1.13. The molecule has 16 heavy (non-hydrogen) atoms. The highest BCUT2D eigenvalue weighted by atomic mass is 35.5. The first kappa shape index (κ1) is 12.9. The molecule has 1 saturated heterocycles. The van der Waals surface area contributed by atoms with E-state index in [0.29, 0.717) is 6.42 Å². The van der Waals surface area contributed by atoms with Gasteiger partial charge in [-0.05, 0) is 30.5 Å². The minimum Gasteiger partial charge on any atom is -0.480 e. The van der Waals surface area contributed by atoms with Crippen LogP contribution in [0.15, 0.2) is 24.3 Å². The number of nitrogens with one attached hydrogen (secondary N) is 1. The van der Waals surface area contributed by atoms with Crippen LogP contribution in [-0.4, -0.2) is 17.1 Å². The number of carboxylic acid groups (broad SMARTS) is 1. The highest BCUT2D eigenvalue weighted by molar-refractivity contribution is 5.85. The molecule has 0 aliphatic carbocycles. The lowest BCUT2D eigenvalue weighted by atomic mass is 10.1. The molecular formula is C11H13ClFNO2. The number of benzene rings is 1. The molecule has 1 aromatic rings. The first-order valence-electron chi connectivity index (χ1n) is 4.91. The third-order valence-corrected chi connectivity index (χ3v) is 2.72. The van der Waals surface area contributed by atoms with Crippen LogP contribution in [0.4, 0.5) is 4.39 Å². The molecule has 0 aromatic heterocycles. The zero-order valence-electron chi connectivity index (χ0n) is 8.52. The van der Waals surface area contributed by atoms with Gasteiger partial charge in [-0.3, -0.25) is 10.1 Å². The number of hydrogen-bond donors (Lipinski definition) is 2. The van der Waals surface area contributed by atoms with Gasteiger partial charge in [0.05, 0.1) is 0 Å². The Morgan fingerprint density at radius 2 is 1.94 bits per heavy atom. The molecule has 1 aliphatic heterocycles. The van der Waals surface area contributed by atoms with E-state index < -0.39 is 12.0 Å². The summed E-state index contributed by atoms with van der Waals surface area (Å²) in [5.74, 6) is -1.09. The van der Waals surface area contributed by atoms with Crippen LogP contribution in [0.2, 0.25) is 0 Å². The van der Waals surface area contributed by atoms with Crippen LogP contribution in [0.1, 0.15) is 24.4 Å². The van der Waals surface area contributed by atoms with Crippen molar-refractivity contribution >= 4 is 18.4 Å². The second-order valence-electron chi connectivity index (χ2n) is 3.74. The maximum Gasteiger partial charge on any atom is 0.320 e. The van der Waals surface area contributed by atoms with Crippen molar-refractivity contribution in [3.05, 3.63) is 35.6 Å². The minimum atomic E-state index is -0.820. The van der Waals surface area contributed by atoms with Crippen LogP contribution in [0, 0.1) is 5.82 Å². The predicted octanol–water partition coefficient (Wildman–Crippen LogP) is 2.13. The Bertz CT molecular complexity index is 369. The Labute approximate surface area is 99.1 Å². The molecule has 1 fully saturated rings. The molecule has 0 saturated carbocycles. The lowest BCUT2D eigenvalue weighted by Crippen LogP contribution is -2.31. The maximum atomic E-state index is 12.7. The third kappa shape index (κ3) is 2.71. The van der Waals surface area contributed by atoms with E-state index in [4.69, 9.17) is 5.11 Å². The predicted molar refractivity (Wildman–Crippen MR) is 60.2 cm³/mol. The Morgan fingerprint density at radius 1 is 1.31 bits per heavy atom. The van der Waals surface area contributed by atoms with Crippen LogP contribution in [0.25, 0.3) is 0 Å². The molecule has 0 radical (unpaired) electrons. The molecule has 88 valence electrons. The molecule has 5 heteroatoms. The molecule has 0 spiro atoms. The van der Waals surface area contributed by atoms with Gasteiger partial charge in [0.2, 0.25) is 0 Å². The topological polar surface area (TPSA) is 49.3 Å². The average molecular weight is 246 g/mol. The van der Waals surface area contributed by atoms with Crippen molar-refractivity contribution in [2.75, 3.05) is 0 Å². The number of carbonyl (C=O) groups is 1. The van der Waals surface area contributed by atoms with Gasteiger partial charge in [0, 0.05) is 6.04 Å². The van der Waals surface area contributed by atoms with Crippen LogP contribution < -0.4 is 5.32 Å². The van der Waals surface area contributed by atoms with Gasteiger partial charge in [0.1, 0.15) is 11.9 Å². The molecule has 2 N–H and O–H groups in total. The molecule has 2 atom stereocenters. The molecule has 0 amide bonds. The van der Waals surface area contributed by atoms with Crippen molar-refractivity contribution in [2.24, 2.45) is 0 Å². The van der Waals surface area contributed by atoms with Gasteiger partial charge in [0.15, 0.2) is 0 Å². The van der Waals surface area contributed by atoms with E-state index in [2.05, 4.69) is 5.32 Å². The molecular weight excluding hydrogens is 233 g/mol. The van der Waals surface area contributed by atoms with E-state index in [0.717, 1.165) is 12.0 Å². The highest BCUT2D eigenvalue weighted by Crippen LogP contribution is 2.26. The summed E-state index contributed by atoms with van der Waals surface area (Å²) in [6.07, 6.45) is 1.40. The molecule has 1 aliphatic rings. The standard InChI is InChI=1S/C11H12FNO2.ClH/c12-8-3-1-7(2-4-8)9-5-6-10(13-9)11(14)15;/h1-4,9-10,13H,5-6H2,(H,14,15);1H. The van der Waals surface area contributed by atoms with E-state index in [-0.39, 0.29) is 24.3 Å². The summed E-state index contributed by atoms with van der Waals surface area (Å²) in [6, 6.07) is 5.73. The quantitative estimate of drug-likeness (QED) is 0.839. The van der Waals surface area contributed by atoms with Crippen molar-refractivity contribution < 1.29 is 14.3 Å². The SMILES string of the molecule is Cl.O=C(O)C1CCC(c2ccc(F)cc2)N1. The molecule has 2 unspecified atom stereocenters. The lowest BCUT2D eigenvalue weighted by Gasteiger charge is -2.11. The third-order valence-electron chi connectivity index (χ3n) is 2.72. The van der Waals surface area contributed by atoms with E-state index in [9.17, 15) is 9.18 Å². The van der Waals surface area contributed by atoms with Crippen molar-refractivity contribution in [3.63, 3.8) is 0 Å². The number of carboxylic acids is 1. The van der Waals surface area contributed by atoms with Crippen LogP contribution in [0.3, 0.4) is 0 Å². The molecule has 2 rings (SSSR count). The summed E-state index contributed by atoms with van der Waals surface area (Å²) in [4.78, 5) is 10.7. The van der Waals surface area contributed by atoms with Crippen LogP contribution in [-0.2, 0) is 4.79 Å². The maximum absolute atomic E-state index is 12.7. The second-order valence-corrected chi connectivity index (χ2v) is 3.74. The zero-order chi connectivity index (χ0) is 10.8. The minimum absolute atomic E-state index is 0. The van der Waals surface area contributed by atoms with Crippen LogP contribution in [0.5, 0.6) is 0 Å². The van der Waals surface area contributed by atoms with Gasteiger partial charge in [0.25, 0.3) is 0 Å². The fourth-order valence-corrected chi connectivity index (χ4v) is 1.90. The van der Waals surface area contributed by atoms with Crippen molar-refractivity contribution in [1.82, 2.24) is 5.32 Å². The van der Waals surface area contributed by atoms with Gasteiger partial charge >= 0.3 is 5.97 Å². The summed E-state index contributed by atoms with van der Waals surface area (Å²) in [7, 11) is 0. The average Bonchev–Trinajstić information content (AvgIpc) is 2.68. The van der Waals surface area contributed by atoms with Gasteiger partial charge in [-0.25, -0.2) is 4.39 Å². The van der Waals surface area contributed by atoms with Gasteiger partial charge in [-0.1, -0.05) is 12.1 Å². The number of rotatable bonds is 2. The van der Waals surface area contributed by atoms with Gasteiger partial charge in [-0.15, -0.1) is 12.4 Å². The monoisotopic (exact) mass is 245 g/mol. The fraction of sp³-hybridized carbons (Fsp3) is 0.364. The summed E-state index contributed by atoms with van der Waals surface area (Å²) in [6.45, 7) is 0. The molecule has 1 aromatic carbocycles. The van der Waals surface area contributed by atoms with Crippen molar-refractivity contribution in [2.45, 2.75) is 24.9 Å². The lowest BCUT2D eigenvalue weighted by molar-refractivity contribution is -0.139. The first-order chi connectivity index (χ1) is 7.16. The molecule has 0 bridgehead atoms. The van der Waals surface area contributed by atoms with Gasteiger partial charge in [-0.2, -0.15) is 0 Å². The Morgan fingerprint density at radius 3 is 2.44 bits per heavy atom. The summed E-state index contributed by atoms with van der Waals surface area (Å²) >= 11 is 0. The normalized spacial score (nSPS) is 23.8.